The third kappa shape index (κ3) is 8.59. The number of guanidine groups is 1. The topological polar surface area (TPSA) is 58.5 Å². The summed E-state index contributed by atoms with van der Waals surface area (Å²) in [7, 11) is 1.78. The van der Waals surface area contributed by atoms with Crippen LogP contribution in [0.2, 0.25) is 0 Å². The van der Waals surface area contributed by atoms with Crippen LogP contribution in [0.25, 0.3) is 0 Å². The molecule has 0 unspecified atom stereocenters. The van der Waals surface area contributed by atoms with Crippen molar-refractivity contribution in [1.82, 2.24) is 15.6 Å². The average Bonchev–Trinajstić information content (AvgIpc) is 3.24. The predicted molar refractivity (Wildman–Crippen MR) is 140 cm³/mol. The first-order valence-electron chi connectivity index (χ1n) is 10.2. The Hall–Kier alpha value is -1.97. The number of ether oxygens (including phenoxy) is 1. The van der Waals surface area contributed by atoms with Gasteiger partial charge in [0.05, 0.1) is 25.5 Å². The van der Waals surface area contributed by atoms with E-state index in [1.807, 2.05) is 18.2 Å². The Bertz CT molecular complexity index is 944. The molecule has 31 heavy (non-hydrogen) atoms. The van der Waals surface area contributed by atoms with E-state index in [4.69, 9.17) is 4.74 Å². The molecular formula is C24H31IN4OS. The minimum absolute atomic E-state index is 0. The molecule has 0 aliphatic heterocycles. The van der Waals surface area contributed by atoms with E-state index in [-0.39, 0.29) is 24.0 Å². The first-order valence-corrected chi connectivity index (χ1v) is 11.1. The van der Waals surface area contributed by atoms with Crippen LogP contribution < -0.4 is 10.6 Å². The maximum absolute atomic E-state index is 5.85. The monoisotopic (exact) mass is 550 g/mol. The van der Waals surface area contributed by atoms with Gasteiger partial charge in [0.1, 0.15) is 5.01 Å². The number of nitrogens with zero attached hydrogens (tertiary/aromatic N) is 2. The van der Waals surface area contributed by atoms with Crippen molar-refractivity contribution in [3.8, 4) is 0 Å². The molecule has 0 amide bonds. The molecule has 0 bridgehead atoms. The Morgan fingerprint density at radius 3 is 2.35 bits per heavy atom. The number of nitrogens with one attached hydrogen (secondary N) is 2. The Morgan fingerprint density at radius 2 is 1.65 bits per heavy atom. The molecule has 3 rings (SSSR count). The van der Waals surface area contributed by atoms with Crippen LogP contribution in [-0.2, 0) is 31.0 Å². The molecule has 0 atom stereocenters. The fourth-order valence-corrected chi connectivity index (χ4v) is 3.82. The molecule has 0 aliphatic carbocycles. The largest absolute Gasteiger partial charge is 0.372 e. The Labute approximate surface area is 206 Å². The molecule has 0 aliphatic rings. The third-order valence-electron chi connectivity index (χ3n) is 4.62. The predicted octanol–water partition coefficient (Wildman–Crippen LogP) is 5.47. The molecule has 2 N–H and O–H groups in total. The minimum Gasteiger partial charge on any atom is -0.372 e. The Balaban J connectivity index is 0.00000341. The molecule has 2 aromatic carbocycles. The number of rotatable bonds is 9. The number of halogens is 1. The zero-order chi connectivity index (χ0) is 21.2. The molecule has 0 saturated heterocycles. The Morgan fingerprint density at radius 1 is 0.968 bits per heavy atom. The van der Waals surface area contributed by atoms with Crippen LogP contribution in [0.4, 0.5) is 0 Å². The molecule has 3 aromatic rings. The van der Waals surface area contributed by atoms with Crippen LogP contribution in [0.15, 0.2) is 65.0 Å². The molecule has 1 aromatic heterocycles. The number of benzene rings is 2. The average molecular weight is 551 g/mol. The summed E-state index contributed by atoms with van der Waals surface area (Å²) in [6.45, 7) is 6.90. The Kier molecular flexibility index (Phi) is 11.0. The van der Waals surface area contributed by atoms with Crippen molar-refractivity contribution in [2.24, 2.45) is 4.99 Å². The normalized spacial score (nSPS) is 11.3. The fraction of sp³-hybridized carbons (Fsp3) is 0.333. The van der Waals surface area contributed by atoms with Gasteiger partial charge in [-0.2, -0.15) is 0 Å². The van der Waals surface area contributed by atoms with Crippen molar-refractivity contribution in [2.75, 3.05) is 7.05 Å². The summed E-state index contributed by atoms with van der Waals surface area (Å²) in [6.07, 6.45) is 0. The van der Waals surface area contributed by atoms with Gasteiger partial charge in [-0.3, -0.25) is 4.99 Å². The highest BCUT2D eigenvalue weighted by Gasteiger charge is 2.06. The smallest absolute Gasteiger partial charge is 0.191 e. The third-order valence-corrected chi connectivity index (χ3v) is 5.49. The lowest BCUT2D eigenvalue weighted by Gasteiger charge is -2.12. The van der Waals surface area contributed by atoms with E-state index in [9.17, 15) is 0 Å². The summed E-state index contributed by atoms with van der Waals surface area (Å²) >= 11 is 1.68. The molecule has 1 heterocycles. The number of hydrogen-bond acceptors (Lipinski definition) is 4. The highest BCUT2D eigenvalue weighted by atomic mass is 127. The summed E-state index contributed by atoms with van der Waals surface area (Å²) in [4.78, 5) is 8.97. The van der Waals surface area contributed by atoms with E-state index in [0.717, 1.165) is 22.2 Å². The maximum Gasteiger partial charge on any atom is 0.191 e. The zero-order valence-electron chi connectivity index (χ0n) is 18.3. The van der Waals surface area contributed by atoms with Crippen LogP contribution in [0.5, 0.6) is 0 Å². The summed E-state index contributed by atoms with van der Waals surface area (Å²) in [5, 5.41) is 9.90. The van der Waals surface area contributed by atoms with Crippen LogP contribution in [-0.4, -0.2) is 18.0 Å². The van der Waals surface area contributed by atoms with Crippen LogP contribution in [0.3, 0.4) is 0 Å². The van der Waals surface area contributed by atoms with Crippen LogP contribution >= 0.6 is 35.3 Å². The van der Waals surface area contributed by atoms with Gasteiger partial charge < -0.3 is 15.4 Å². The highest BCUT2D eigenvalue weighted by Crippen LogP contribution is 2.17. The van der Waals surface area contributed by atoms with Crippen molar-refractivity contribution >= 4 is 41.3 Å². The van der Waals surface area contributed by atoms with Gasteiger partial charge in [-0.25, -0.2) is 4.98 Å². The molecule has 0 fully saturated rings. The van der Waals surface area contributed by atoms with Gasteiger partial charge in [-0.15, -0.1) is 35.3 Å². The van der Waals surface area contributed by atoms with Crippen molar-refractivity contribution in [1.29, 1.82) is 0 Å². The van der Waals surface area contributed by atoms with E-state index in [1.54, 1.807) is 18.4 Å². The van der Waals surface area contributed by atoms with Crippen molar-refractivity contribution < 1.29 is 4.74 Å². The van der Waals surface area contributed by atoms with E-state index in [1.165, 1.54) is 11.1 Å². The van der Waals surface area contributed by atoms with Crippen molar-refractivity contribution in [3.63, 3.8) is 0 Å². The van der Waals surface area contributed by atoms with Gasteiger partial charge in [-0.1, -0.05) is 68.4 Å². The van der Waals surface area contributed by atoms with E-state index < -0.39 is 0 Å². The van der Waals surface area contributed by atoms with Gasteiger partial charge in [0.15, 0.2) is 5.96 Å². The number of thiazole rings is 1. The summed E-state index contributed by atoms with van der Waals surface area (Å²) in [5.74, 6) is 1.22. The molecule has 166 valence electrons. The molecule has 0 saturated carbocycles. The summed E-state index contributed by atoms with van der Waals surface area (Å²) in [5.41, 5.74) is 4.68. The van der Waals surface area contributed by atoms with Gasteiger partial charge in [-0.05, 0) is 22.6 Å². The van der Waals surface area contributed by atoms with Crippen molar-refractivity contribution in [3.05, 3.63) is 87.4 Å². The SMILES string of the molecule is CN=C(NCc1cccc(COCc2ccccc2)c1)NCc1nc(C(C)C)cs1.I. The first-order chi connectivity index (χ1) is 14.6. The minimum atomic E-state index is 0. The lowest BCUT2D eigenvalue weighted by Crippen LogP contribution is -2.36. The first kappa shape index (κ1) is 25.3. The molecule has 0 radical (unpaired) electrons. The summed E-state index contributed by atoms with van der Waals surface area (Å²) < 4.78 is 5.85. The highest BCUT2D eigenvalue weighted by molar-refractivity contribution is 14.0. The van der Waals surface area contributed by atoms with Crippen LogP contribution in [0, 0.1) is 0 Å². The number of hydrogen-bond donors (Lipinski definition) is 2. The van der Waals surface area contributed by atoms with Crippen LogP contribution in [0.1, 0.15) is 47.2 Å². The second kappa shape index (κ2) is 13.4. The number of aliphatic imine (C=N–C) groups is 1. The zero-order valence-corrected chi connectivity index (χ0v) is 21.4. The van der Waals surface area contributed by atoms with E-state index in [0.29, 0.717) is 32.2 Å². The van der Waals surface area contributed by atoms with Crippen molar-refractivity contribution in [2.45, 2.75) is 46.1 Å². The van der Waals surface area contributed by atoms with Gasteiger partial charge >= 0.3 is 0 Å². The van der Waals surface area contributed by atoms with E-state index in [2.05, 4.69) is 76.2 Å². The van der Waals surface area contributed by atoms with Gasteiger partial charge in [0, 0.05) is 19.0 Å². The second-order valence-corrected chi connectivity index (χ2v) is 8.34. The van der Waals surface area contributed by atoms with Gasteiger partial charge in [0.25, 0.3) is 0 Å². The molecule has 7 heteroatoms. The maximum atomic E-state index is 5.85. The standard InChI is InChI=1S/C24H30N4OS.HI/c1-18(2)22-17-30-23(28-22)14-27-24(25-3)26-13-20-10-7-11-21(12-20)16-29-15-19-8-5-4-6-9-19;/h4-12,17-18H,13-16H2,1-3H3,(H2,25,26,27);1H. The quantitative estimate of drug-likeness (QED) is 0.211. The second-order valence-electron chi connectivity index (χ2n) is 7.40. The molecular weight excluding hydrogens is 519 g/mol. The lowest BCUT2D eigenvalue weighted by molar-refractivity contribution is 0.107. The van der Waals surface area contributed by atoms with Gasteiger partial charge in [0.2, 0.25) is 0 Å². The number of aromatic nitrogens is 1. The molecule has 0 spiro atoms. The fourth-order valence-electron chi connectivity index (χ4n) is 2.93. The van der Waals surface area contributed by atoms with E-state index >= 15 is 0 Å². The lowest BCUT2D eigenvalue weighted by atomic mass is 10.1. The molecule has 5 nitrogen and oxygen atoms in total. The summed E-state index contributed by atoms with van der Waals surface area (Å²) in [6, 6.07) is 18.7.